The van der Waals surface area contributed by atoms with Crippen LogP contribution in [-0.4, -0.2) is 41.0 Å². The third kappa shape index (κ3) is 5.37. The van der Waals surface area contributed by atoms with Crippen LogP contribution in [-0.2, 0) is 4.79 Å². The number of fused-ring (bicyclic) bond motifs is 1. The van der Waals surface area contributed by atoms with Crippen LogP contribution in [0.4, 0.5) is 13.2 Å². The molecule has 0 amide bonds. The first kappa shape index (κ1) is 25.6. The van der Waals surface area contributed by atoms with E-state index in [9.17, 15) is 22.8 Å². The average Bonchev–Trinajstić information content (AvgIpc) is 3.13. The largest absolute Gasteiger partial charge is 0.573 e. The first-order chi connectivity index (χ1) is 17.5. The van der Waals surface area contributed by atoms with Crippen LogP contribution >= 0.6 is 0 Å². The Kier molecular flexibility index (Phi) is 6.84. The quantitative estimate of drug-likeness (QED) is 0.294. The van der Waals surface area contributed by atoms with Gasteiger partial charge < -0.3 is 23.9 Å². The Morgan fingerprint density at radius 1 is 0.946 bits per heavy atom. The maximum atomic E-state index is 13.6. The Hall–Kier alpha value is -4.47. The number of aromatic nitrogens is 1. The number of ether oxygens (including phenoxy) is 3. The van der Waals surface area contributed by atoms with E-state index in [0.717, 1.165) is 6.07 Å². The van der Waals surface area contributed by atoms with Gasteiger partial charge in [0.1, 0.15) is 17.2 Å². The van der Waals surface area contributed by atoms with Crippen LogP contribution in [0.3, 0.4) is 0 Å². The second kappa shape index (κ2) is 9.88. The van der Waals surface area contributed by atoms with Gasteiger partial charge in [0, 0.05) is 34.5 Å². The minimum absolute atomic E-state index is 0.233. The highest BCUT2D eigenvalue weighted by Crippen LogP contribution is 2.36. The summed E-state index contributed by atoms with van der Waals surface area (Å²) < 4.78 is 55.3. The standard InChI is InChI=1S/C27H22F3NO6/c1-15-24(25(32)17-6-4-8-19(12-17)35-3)22-11-10-21(37-27(28,29)30)14-23(22)31(15)18-7-5-9-20(13-18)36-16(2)26(33)34/h4-14,16H,1-3H3,(H,33,34)/t16-/m0/s1. The summed E-state index contributed by atoms with van der Waals surface area (Å²) in [6.45, 7) is 3.04. The summed E-state index contributed by atoms with van der Waals surface area (Å²) >= 11 is 0. The van der Waals surface area contributed by atoms with Crippen LogP contribution in [0.1, 0.15) is 28.5 Å². The molecule has 1 N–H and O–H groups in total. The lowest BCUT2D eigenvalue weighted by molar-refractivity contribution is -0.274. The monoisotopic (exact) mass is 513 g/mol. The first-order valence-corrected chi connectivity index (χ1v) is 11.1. The van der Waals surface area contributed by atoms with Crippen LogP contribution in [0, 0.1) is 6.92 Å². The Labute approximate surface area is 209 Å². The van der Waals surface area contributed by atoms with E-state index in [2.05, 4.69) is 4.74 Å². The molecular formula is C27H22F3NO6. The lowest BCUT2D eigenvalue weighted by atomic mass is 10.00. The minimum atomic E-state index is -4.90. The zero-order chi connectivity index (χ0) is 26.9. The first-order valence-electron chi connectivity index (χ1n) is 11.1. The molecule has 3 aromatic carbocycles. The fourth-order valence-corrected chi connectivity index (χ4v) is 4.07. The van der Waals surface area contributed by atoms with Gasteiger partial charge in [-0.05, 0) is 50.2 Å². The van der Waals surface area contributed by atoms with Crippen molar-refractivity contribution in [2.45, 2.75) is 26.3 Å². The van der Waals surface area contributed by atoms with Gasteiger partial charge in [0.15, 0.2) is 11.9 Å². The molecule has 37 heavy (non-hydrogen) atoms. The second-order valence-corrected chi connectivity index (χ2v) is 8.18. The maximum absolute atomic E-state index is 13.6. The normalized spacial score (nSPS) is 12.3. The second-order valence-electron chi connectivity index (χ2n) is 8.18. The van der Waals surface area contributed by atoms with Crippen LogP contribution < -0.4 is 14.2 Å². The van der Waals surface area contributed by atoms with Crippen LogP contribution in [0.25, 0.3) is 16.6 Å². The molecule has 0 fully saturated rings. The summed E-state index contributed by atoms with van der Waals surface area (Å²) in [6.07, 6.45) is -6.03. The van der Waals surface area contributed by atoms with Gasteiger partial charge in [-0.1, -0.05) is 18.2 Å². The molecule has 1 heterocycles. The molecule has 0 saturated carbocycles. The molecule has 1 aromatic heterocycles. The molecule has 4 aromatic rings. The number of alkyl halides is 3. The number of aliphatic carboxylic acids is 1. The number of carbonyl (C=O) groups is 2. The highest BCUT2D eigenvalue weighted by Gasteiger charge is 2.32. The number of carboxylic acid groups (broad SMARTS) is 1. The number of halogens is 3. The van der Waals surface area contributed by atoms with Gasteiger partial charge in [0.2, 0.25) is 0 Å². The number of rotatable bonds is 8. The summed E-state index contributed by atoms with van der Waals surface area (Å²) in [5, 5.41) is 9.57. The summed E-state index contributed by atoms with van der Waals surface area (Å²) in [5.74, 6) is -1.25. The highest BCUT2D eigenvalue weighted by molar-refractivity contribution is 6.18. The predicted octanol–water partition coefficient (Wildman–Crippen LogP) is 5.93. The van der Waals surface area contributed by atoms with Crippen LogP contribution in [0.5, 0.6) is 17.2 Å². The van der Waals surface area contributed by atoms with E-state index in [1.807, 2.05) is 0 Å². The molecule has 0 radical (unpaired) electrons. The van der Waals surface area contributed by atoms with E-state index in [4.69, 9.17) is 14.6 Å². The van der Waals surface area contributed by atoms with Gasteiger partial charge in [-0.25, -0.2) is 4.79 Å². The van der Waals surface area contributed by atoms with Crippen molar-refractivity contribution in [3.05, 3.63) is 83.6 Å². The predicted molar refractivity (Wildman–Crippen MR) is 129 cm³/mol. The fraction of sp³-hybridized carbons (Fsp3) is 0.185. The smallest absolute Gasteiger partial charge is 0.497 e. The number of carboxylic acids is 1. The lowest BCUT2D eigenvalue weighted by Crippen LogP contribution is -2.22. The lowest BCUT2D eigenvalue weighted by Gasteiger charge is -2.14. The third-order valence-electron chi connectivity index (χ3n) is 5.71. The molecule has 0 aliphatic rings. The third-order valence-corrected chi connectivity index (χ3v) is 5.71. The topological polar surface area (TPSA) is 87.0 Å². The maximum Gasteiger partial charge on any atom is 0.573 e. The number of ketones is 1. The van der Waals surface area contributed by atoms with Crippen molar-refractivity contribution in [2.75, 3.05) is 7.11 Å². The molecule has 10 heteroatoms. The summed E-state index contributed by atoms with van der Waals surface area (Å²) in [7, 11) is 1.48. The highest BCUT2D eigenvalue weighted by atomic mass is 19.4. The van der Waals surface area contributed by atoms with Crippen molar-refractivity contribution in [1.29, 1.82) is 0 Å². The molecule has 0 aliphatic heterocycles. The van der Waals surface area contributed by atoms with E-state index in [1.165, 1.54) is 26.2 Å². The number of hydrogen-bond acceptors (Lipinski definition) is 5. The van der Waals surface area contributed by atoms with Gasteiger partial charge in [-0.15, -0.1) is 13.2 Å². The summed E-state index contributed by atoms with van der Waals surface area (Å²) in [5.41, 5.74) is 1.81. The van der Waals surface area contributed by atoms with Gasteiger partial charge in [-0.2, -0.15) is 0 Å². The van der Waals surface area contributed by atoms with Crippen LogP contribution in [0.15, 0.2) is 66.7 Å². The molecule has 0 bridgehead atoms. The average molecular weight is 513 g/mol. The Balaban J connectivity index is 1.92. The molecule has 1 atom stereocenters. The number of methoxy groups -OCH3 is 1. The number of benzene rings is 3. The molecule has 0 spiro atoms. The van der Waals surface area contributed by atoms with Gasteiger partial charge in [0.05, 0.1) is 18.2 Å². The van der Waals surface area contributed by atoms with E-state index in [-0.39, 0.29) is 22.6 Å². The van der Waals surface area contributed by atoms with E-state index < -0.39 is 24.2 Å². The van der Waals surface area contributed by atoms with Crippen molar-refractivity contribution in [1.82, 2.24) is 4.57 Å². The molecule has 7 nitrogen and oxygen atoms in total. The SMILES string of the molecule is COc1cccc(C(=O)c2c(C)n(-c3cccc(O[C@@H](C)C(=O)O)c3)c3cc(OC(F)(F)F)ccc23)c1. The van der Waals surface area contributed by atoms with Crippen molar-refractivity contribution in [3.8, 4) is 22.9 Å². The van der Waals surface area contributed by atoms with Crippen molar-refractivity contribution >= 4 is 22.7 Å². The van der Waals surface area contributed by atoms with Gasteiger partial charge >= 0.3 is 12.3 Å². The van der Waals surface area contributed by atoms with Crippen LogP contribution in [0.2, 0.25) is 0 Å². The summed E-state index contributed by atoms with van der Waals surface area (Å²) in [4.78, 5) is 24.8. The van der Waals surface area contributed by atoms with Crippen molar-refractivity contribution in [2.24, 2.45) is 0 Å². The zero-order valence-electron chi connectivity index (χ0n) is 20.0. The minimum Gasteiger partial charge on any atom is -0.497 e. The number of hydrogen-bond donors (Lipinski definition) is 1. The van der Waals surface area contributed by atoms with E-state index >= 15 is 0 Å². The molecular weight excluding hydrogens is 491 g/mol. The van der Waals surface area contributed by atoms with Gasteiger partial charge in [-0.3, -0.25) is 4.79 Å². The number of carbonyl (C=O) groups excluding carboxylic acids is 1. The Bertz CT molecular complexity index is 1490. The van der Waals surface area contributed by atoms with Crippen molar-refractivity contribution in [3.63, 3.8) is 0 Å². The number of nitrogens with zero attached hydrogens (tertiary/aromatic N) is 1. The molecule has 4 rings (SSSR count). The molecule has 0 unspecified atom stereocenters. The van der Waals surface area contributed by atoms with E-state index in [1.54, 1.807) is 60.0 Å². The molecule has 0 aliphatic carbocycles. The molecule has 192 valence electrons. The zero-order valence-corrected chi connectivity index (χ0v) is 20.0. The summed E-state index contributed by atoms with van der Waals surface area (Å²) in [6, 6.07) is 16.7. The van der Waals surface area contributed by atoms with Crippen molar-refractivity contribution < 1.29 is 42.1 Å². The van der Waals surface area contributed by atoms with E-state index in [0.29, 0.717) is 28.1 Å². The van der Waals surface area contributed by atoms with Gasteiger partial charge in [0.25, 0.3) is 0 Å². The Morgan fingerprint density at radius 2 is 1.65 bits per heavy atom. The fourth-order valence-electron chi connectivity index (χ4n) is 4.07. The molecule has 0 saturated heterocycles. The Morgan fingerprint density at radius 3 is 2.32 bits per heavy atom.